The fourth-order valence-corrected chi connectivity index (χ4v) is 6.23. The Balaban J connectivity index is 1.24. The maximum absolute atomic E-state index is 13.8. The van der Waals surface area contributed by atoms with Crippen molar-refractivity contribution in [2.24, 2.45) is 0 Å². The van der Waals surface area contributed by atoms with E-state index in [9.17, 15) is 4.79 Å². The summed E-state index contributed by atoms with van der Waals surface area (Å²) in [5.41, 5.74) is 3.59. The number of nitrogens with one attached hydrogen (secondary N) is 1. The summed E-state index contributed by atoms with van der Waals surface area (Å²) >= 11 is 6.15. The molecular weight excluding hydrogens is 458 g/mol. The zero-order valence-corrected chi connectivity index (χ0v) is 21.6. The predicted molar refractivity (Wildman–Crippen MR) is 141 cm³/mol. The minimum atomic E-state index is -0.141. The van der Waals surface area contributed by atoms with Gasteiger partial charge in [0.2, 0.25) is 5.91 Å². The van der Waals surface area contributed by atoms with Crippen LogP contribution < -0.4 is 10.2 Å². The van der Waals surface area contributed by atoms with Crippen LogP contribution in [-0.4, -0.2) is 59.5 Å². The number of hydrogen-bond acceptors (Lipinski definition) is 5. The maximum Gasteiger partial charge on any atom is 0.230 e. The summed E-state index contributed by atoms with van der Waals surface area (Å²) in [6.45, 7) is 6.23. The maximum atomic E-state index is 13.8. The number of piperazine rings is 1. The smallest absolute Gasteiger partial charge is 0.230 e. The molecule has 2 atom stereocenters. The van der Waals surface area contributed by atoms with E-state index >= 15 is 0 Å². The summed E-state index contributed by atoms with van der Waals surface area (Å²) in [5, 5.41) is 4.44. The molecule has 1 saturated heterocycles. The number of halogens is 1. The molecule has 1 N–H and O–H groups in total. The van der Waals surface area contributed by atoms with Gasteiger partial charge in [0.25, 0.3) is 0 Å². The first-order valence-electron chi connectivity index (χ1n) is 13.5. The number of benzene rings is 1. The van der Waals surface area contributed by atoms with Crippen LogP contribution in [0.2, 0.25) is 5.02 Å². The Hall–Kier alpha value is -2.18. The molecule has 1 saturated carbocycles. The standard InChI is InChI=1S/C28H38ClN5O/c1-20-7-12-25-26(20)27(32-19-31-25)33-15-17-34(18-16-33)28(35)24(21-8-10-22(29)11-9-21)13-14-30-23-5-3-2-4-6-23/h8-11,19-20,23-24,30H,2-7,12-18H2,1H3/t20-,24-/m1/s1. The number of hydrogen-bond donors (Lipinski definition) is 1. The minimum Gasteiger partial charge on any atom is -0.353 e. The third kappa shape index (κ3) is 5.64. The van der Waals surface area contributed by atoms with E-state index in [0.717, 1.165) is 63.4 Å². The van der Waals surface area contributed by atoms with Crippen molar-refractivity contribution >= 4 is 23.3 Å². The zero-order chi connectivity index (χ0) is 24.2. The Morgan fingerprint density at radius 3 is 2.54 bits per heavy atom. The molecule has 0 spiro atoms. The average molecular weight is 496 g/mol. The van der Waals surface area contributed by atoms with E-state index in [0.29, 0.717) is 17.0 Å². The third-order valence-corrected chi connectivity index (χ3v) is 8.44. The van der Waals surface area contributed by atoms with Crippen LogP contribution in [0.15, 0.2) is 30.6 Å². The number of aromatic nitrogens is 2. The van der Waals surface area contributed by atoms with Gasteiger partial charge in [0, 0.05) is 48.5 Å². The quantitative estimate of drug-likeness (QED) is 0.590. The predicted octanol–water partition coefficient (Wildman–Crippen LogP) is 4.92. The van der Waals surface area contributed by atoms with Crippen LogP contribution in [0.4, 0.5) is 5.82 Å². The highest BCUT2D eigenvalue weighted by atomic mass is 35.5. The van der Waals surface area contributed by atoms with Crippen molar-refractivity contribution in [1.82, 2.24) is 20.2 Å². The third-order valence-electron chi connectivity index (χ3n) is 8.18. The number of rotatable bonds is 7. The highest BCUT2D eigenvalue weighted by Gasteiger charge is 2.32. The molecule has 3 aliphatic rings. The van der Waals surface area contributed by atoms with Crippen molar-refractivity contribution in [2.45, 2.75) is 76.2 Å². The highest BCUT2D eigenvalue weighted by Crippen LogP contribution is 2.37. The summed E-state index contributed by atoms with van der Waals surface area (Å²) < 4.78 is 0. The van der Waals surface area contributed by atoms with Gasteiger partial charge in [-0.15, -0.1) is 0 Å². The Morgan fingerprint density at radius 2 is 1.80 bits per heavy atom. The largest absolute Gasteiger partial charge is 0.353 e. The van der Waals surface area contributed by atoms with Gasteiger partial charge in [-0.1, -0.05) is 49.9 Å². The molecule has 188 valence electrons. The SMILES string of the molecule is C[C@@H]1CCc2ncnc(N3CCN(C(=O)[C@H](CCNC4CCCCC4)c4ccc(Cl)cc4)CC3)c21. The van der Waals surface area contributed by atoms with Crippen LogP contribution in [0.1, 0.15) is 80.5 Å². The molecule has 5 rings (SSSR count). The lowest BCUT2D eigenvalue weighted by atomic mass is 9.92. The molecule has 1 amide bonds. The first-order chi connectivity index (χ1) is 17.1. The molecule has 1 aromatic heterocycles. The molecule has 2 fully saturated rings. The number of carbonyl (C=O) groups excluding carboxylic acids is 1. The van der Waals surface area contributed by atoms with E-state index in [1.807, 2.05) is 24.3 Å². The van der Waals surface area contributed by atoms with Gasteiger partial charge in [0.15, 0.2) is 0 Å². The van der Waals surface area contributed by atoms with Gasteiger partial charge in [0.1, 0.15) is 12.1 Å². The van der Waals surface area contributed by atoms with Crippen molar-refractivity contribution in [3.63, 3.8) is 0 Å². The molecule has 2 heterocycles. The summed E-state index contributed by atoms with van der Waals surface area (Å²) in [6, 6.07) is 8.45. The molecule has 0 radical (unpaired) electrons. The Morgan fingerprint density at radius 1 is 1.06 bits per heavy atom. The van der Waals surface area contributed by atoms with Crippen molar-refractivity contribution in [1.29, 1.82) is 0 Å². The van der Waals surface area contributed by atoms with Crippen LogP contribution in [0, 0.1) is 0 Å². The topological polar surface area (TPSA) is 61.4 Å². The Kier molecular flexibility index (Phi) is 7.88. The van der Waals surface area contributed by atoms with Gasteiger partial charge in [-0.25, -0.2) is 9.97 Å². The molecule has 1 aliphatic heterocycles. The highest BCUT2D eigenvalue weighted by molar-refractivity contribution is 6.30. The number of fused-ring (bicyclic) bond motifs is 1. The van der Waals surface area contributed by atoms with Gasteiger partial charge in [0.05, 0.1) is 5.92 Å². The van der Waals surface area contributed by atoms with E-state index in [-0.39, 0.29) is 11.8 Å². The monoisotopic (exact) mass is 495 g/mol. The summed E-state index contributed by atoms with van der Waals surface area (Å²) in [7, 11) is 0. The van der Waals surface area contributed by atoms with Gasteiger partial charge >= 0.3 is 0 Å². The second kappa shape index (κ2) is 11.3. The van der Waals surface area contributed by atoms with E-state index in [1.54, 1.807) is 6.33 Å². The molecule has 1 aromatic carbocycles. The molecule has 2 aromatic rings. The minimum absolute atomic E-state index is 0.141. The number of aryl methyl sites for hydroxylation is 1. The summed E-state index contributed by atoms with van der Waals surface area (Å²) in [4.78, 5) is 27.4. The summed E-state index contributed by atoms with van der Waals surface area (Å²) in [5.74, 6) is 1.68. The van der Waals surface area contributed by atoms with Crippen LogP contribution in [0.5, 0.6) is 0 Å². The van der Waals surface area contributed by atoms with Gasteiger partial charge in [-0.2, -0.15) is 0 Å². The average Bonchev–Trinajstić information content (AvgIpc) is 3.29. The van der Waals surface area contributed by atoms with E-state index < -0.39 is 0 Å². The number of amides is 1. The normalized spacial score (nSPS) is 21.7. The molecule has 6 nitrogen and oxygen atoms in total. The number of carbonyl (C=O) groups is 1. The first-order valence-corrected chi connectivity index (χ1v) is 13.8. The molecule has 2 aliphatic carbocycles. The van der Waals surface area contributed by atoms with Crippen LogP contribution in [0.3, 0.4) is 0 Å². The second-order valence-corrected chi connectivity index (χ2v) is 10.9. The van der Waals surface area contributed by atoms with E-state index in [4.69, 9.17) is 11.6 Å². The van der Waals surface area contributed by atoms with Crippen molar-refractivity contribution in [3.05, 3.63) is 52.4 Å². The van der Waals surface area contributed by atoms with Gasteiger partial charge < -0.3 is 15.1 Å². The fourth-order valence-electron chi connectivity index (χ4n) is 6.10. The van der Waals surface area contributed by atoms with Gasteiger partial charge in [-0.05, 0) is 62.3 Å². The van der Waals surface area contributed by atoms with Crippen LogP contribution in [0.25, 0.3) is 0 Å². The molecule has 35 heavy (non-hydrogen) atoms. The molecule has 0 unspecified atom stereocenters. The lowest BCUT2D eigenvalue weighted by Crippen LogP contribution is -2.50. The number of anilines is 1. The van der Waals surface area contributed by atoms with Crippen molar-refractivity contribution in [3.8, 4) is 0 Å². The van der Waals surface area contributed by atoms with Crippen molar-refractivity contribution < 1.29 is 4.79 Å². The van der Waals surface area contributed by atoms with Crippen molar-refractivity contribution in [2.75, 3.05) is 37.6 Å². The molecule has 7 heteroatoms. The summed E-state index contributed by atoms with van der Waals surface area (Å²) in [6.07, 6.45) is 11.2. The fraction of sp³-hybridized carbons (Fsp3) is 0.607. The van der Waals surface area contributed by atoms with Crippen LogP contribution >= 0.6 is 11.6 Å². The van der Waals surface area contributed by atoms with Gasteiger partial charge in [-0.3, -0.25) is 4.79 Å². The van der Waals surface area contributed by atoms with Crippen LogP contribution in [-0.2, 0) is 11.2 Å². The molecule has 0 bridgehead atoms. The van der Waals surface area contributed by atoms with E-state index in [2.05, 4.69) is 32.0 Å². The van der Waals surface area contributed by atoms with E-state index in [1.165, 1.54) is 43.4 Å². The Bertz CT molecular complexity index is 999. The Labute approximate surface area is 214 Å². The second-order valence-electron chi connectivity index (χ2n) is 10.5. The lowest BCUT2D eigenvalue weighted by molar-refractivity contribution is -0.133. The lowest BCUT2D eigenvalue weighted by Gasteiger charge is -2.38. The number of nitrogens with zero attached hydrogens (tertiary/aromatic N) is 4. The first kappa shape index (κ1) is 24.5. The zero-order valence-electron chi connectivity index (χ0n) is 20.9. The molecular formula is C28H38ClN5O.